The maximum absolute atomic E-state index is 14.3. The van der Waals surface area contributed by atoms with E-state index in [4.69, 9.17) is 55.9 Å². The Labute approximate surface area is 352 Å². The molecule has 6 unspecified atom stereocenters. The van der Waals surface area contributed by atoms with Gasteiger partial charge in [0, 0.05) is 61.5 Å². The summed E-state index contributed by atoms with van der Waals surface area (Å²) in [6.07, 6.45) is 6.61. The highest BCUT2D eigenvalue weighted by atomic mass is 35.5. The number of carbonyl (C=O) groups is 4. The van der Waals surface area contributed by atoms with Crippen LogP contribution in [0.25, 0.3) is 0 Å². The predicted molar refractivity (Wildman–Crippen MR) is 223 cm³/mol. The Bertz CT molecular complexity index is 1580. The summed E-state index contributed by atoms with van der Waals surface area (Å²) in [5.41, 5.74) is 0.657. The Morgan fingerprint density at radius 3 is 1.20 bits per heavy atom. The molecule has 308 valence electrons. The van der Waals surface area contributed by atoms with Crippen LogP contribution in [0, 0.1) is 0 Å². The molecule has 0 saturated heterocycles. The third-order valence-electron chi connectivity index (χ3n) is 11.4. The van der Waals surface area contributed by atoms with E-state index in [1.54, 1.807) is 36.0 Å². The fourth-order valence-electron chi connectivity index (χ4n) is 8.34. The molecule has 0 aliphatic heterocycles. The Balaban J connectivity index is 1.57. The molecule has 14 heteroatoms. The molecule has 56 heavy (non-hydrogen) atoms. The van der Waals surface area contributed by atoms with Crippen LogP contribution < -0.4 is 0 Å². The molecule has 2 aromatic rings. The van der Waals surface area contributed by atoms with Gasteiger partial charge in [-0.2, -0.15) is 0 Å². The smallest absolute Gasteiger partial charge is 0.332 e. The number of amides is 2. The van der Waals surface area contributed by atoms with E-state index in [2.05, 4.69) is 37.5 Å². The quantitative estimate of drug-likeness (QED) is 0.122. The highest BCUT2D eigenvalue weighted by molar-refractivity contribution is 6.42. The van der Waals surface area contributed by atoms with Crippen molar-refractivity contribution in [3.63, 3.8) is 0 Å². The van der Waals surface area contributed by atoms with Crippen molar-refractivity contribution in [3.8, 4) is 0 Å². The van der Waals surface area contributed by atoms with E-state index in [9.17, 15) is 19.2 Å². The number of ether oxygens (including phenoxy) is 2. The summed E-state index contributed by atoms with van der Waals surface area (Å²) in [5, 5.41) is 0.944. The first-order chi connectivity index (χ1) is 26.8. The zero-order valence-corrected chi connectivity index (χ0v) is 36.3. The van der Waals surface area contributed by atoms with E-state index < -0.39 is 36.0 Å². The van der Waals surface area contributed by atoms with Gasteiger partial charge < -0.3 is 19.3 Å². The number of benzene rings is 2. The van der Waals surface area contributed by atoms with Gasteiger partial charge in [-0.25, -0.2) is 9.59 Å². The standard InChI is InChI=1S/C42H56Cl4N4O6/c1-7-49(8-2)35-17-13-11-15-33(35)47(5)41(53)39(27-19-21-29(43)31(45)25-27)55-37(51)23-24-38(52)56-40(28-20-22-30(44)32(46)26-28)42(54)48(6)34-16-12-14-18-36(34)50(9-3)10-4/h19-26,33-36,39-40H,7-18H2,1-6H3/b24-23-. The van der Waals surface area contributed by atoms with Crippen LogP contribution in [0.3, 0.4) is 0 Å². The van der Waals surface area contributed by atoms with Crippen LogP contribution >= 0.6 is 46.4 Å². The van der Waals surface area contributed by atoms with Gasteiger partial charge in [-0.05, 0) is 76.1 Å². The lowest BCUT2D eigenvalue weighted by atomic mass is 9.87. The van der Waals surface area contributed by atoms with Gasteiger partial charge in [-0.15, -0.1) is 0 Å². The molecule has 10 nitrogen and oxygen atoms in total. The second-order valence-electron chi connectivity index (χ2n) is 14.5. The maximum Gasteiger partial charge on any atom is 0.332 e. The summed E-state index contributed by atoms with van der Waals surface area (Å²) in [4.78, 5) is 63.4. The van der Waals surface area contributed by atoms with E-state index in [1.165, 1.54) is 24.3 Å². The summed E-state index contributed by atoms with van der Waals surface area (Å²) in [5.74, 6) is -2.81. The fourth-order valence-corrected chi connectivity index (χ4v) is 8.95. The van der Waals surface area contributed by atoms with Crippen LogP contribution in [0.15, 0.2) is 48.6 Å². The molecular formula is C42H56Cl4N4O6. The first-order valence-corrected chi connectivity index (χ1v) is 21.3. The third kappa shape index (κ3) is 11.4. The second kappa shape index (κ2) is 21.8. The SMILES string of the molecule is CCN(CC)C1CCCCC1N(C)C(=O)C(OC(=O)/C=C\C(=O)OC(C(=O)N(C)C1CCCCC1N(CC)CC)c1ccc(Cl)c(Cl)c1)c1ccc(Cl)c(Cl)c1. The van der Waals surface area contributed by atoms with Crippen LogP contribution in [-0.4, -0.2) is 108 Å². The van der Waals surface area contributed by atoms with Crippen LogP contribution in [0.1, 0.15) is 102 Å². The van der Waals surface area contributed by atoms with E-state index in [1.807, 2.05) is 0 Å². The molecule has 0 heterocycles. The van der Waals surface area contributed by atoms with Crippen molar-refractivity contribution in [2.75, 3.05) is 40.3 Å². The third-order valence-corrected chi connectivity index (χ3v) is 12.9. The van der Waals surface area contributed by atoms with Gasteiger partial charge in [0.1, 0.15) is 0 Å². The number of hydrogen-bond acceptors (Lipinski definition) is 8. The summed E-state index contributed by atoms with van der Waals surface area (Å²) < 4.78 is 11.6. The summed E-state index contributed by atoms with van der Waals surface area (Å²) in [6, 6.07) is 9.33. The molecule has 0 bridgehead atoms. The molecule has 2 aliphatic rings. The van der Waals surface area contributed by atoms with Gasteiger partial charge in [0.25, 0.3) is 11.8 Å². The van der Waals surface area contributed by atoms with E-state index in [0.29, 0.717) is 11.1 Å². The maximum atomic E-state index is 14.3. The van der Waals surface area contributed by atoms with Gasteiger partial charge in [0.05, 0.1) is 20.1 Å². The number of hydrogen-bond donors (Lipinski definition) is 0. The van der Waals surface area contributed by atoms with E-state index >= 15 is 0 Å². The largest absolute Gasteiger partial charge is 0.444 e. The molecule has 2 amide bonds. The first kappa shape index (κ1) is 45.8. The van der Waals surface area contributed by atoms with Crippen molar-refractivity contribution in [1.29, 1.82) is 0 Å². The normalized spacial score (nSPS) is 21.1. The molecule has 2 saturated carbocycles. The molecule has 4 rings (SSSR count). The lowest BCUT2D eigenvalue weighted by Gasteiger charge is -2.44. The molecule has 2 aliphatic carbocycles. The van der Waals surface area contributed by atoms with Gasteiger partial charge in [0.15, 0.2) is 0 Å². The molecule has 0 radical (unpaired) electrons. The van der Waals surface area contributed by atoms with Gasteiger partial charge in [0.2, 0.25) is 12.2 Å². The molecule has 0 aromatic heterocycles. The van der Waals surface area contributed by atoms with Crippen molar-refractivity contribution >= 4 is 70.2 Å². The van der Waals surface area contributed by atoms with E-state index in [0.717, 1.165) is 89.7 Å². The lowest BCUT2D eigenvalue weighted by Crippen LogP contribution is -2.54. The van der Waals surface area contributed by atoms with Crippen molar-refractivity contribution < 1.29 is 28.7 Å². The summed E-state index contributed by atoms with van der Waals surface area (Å²) in [7, 11) is 3.46. The number of nitrogens with zero attached hydrogens (tertiary/aromatic N) is 4. The van der Waals surface area contributed by atoms with E-state index in [-0.39, 0.29) is 44.3 Å². The Hall–Kier alpha value is -2.86. The number of rotatable bonds is 16. The Kier molecular flexibility index (Phi) is 17.8. The van der Waals surface area contributed by atoms with Crippen LogP contribution in [0.5, 0.6) is 0 Å². The number of halogens is 4. The highest BCUT2D eigenvalue weighted by Gasteiger charge is 2.39. The summed E-state index contributed by atoms with van der Waals surface area (Å²) in [6.45, 7) is 11.8. The summed E-state index contributed by atoms with van der Waals surface area (Å²) >= 11 is 25.1. The van der Waals surface area contributed by atoms with Crippen LogP contribution in [-0.2, 0) is 28.7 Å². The van der Waals surface area contributed by atoms with Crippen LogP contribution in [0.4, 0.5) is 0 Å². The molecule has 6 atom stereocenters. The minimum atomic E-state index is -1.38. The second-order valence-corrected chi connectivity index (χ2v) is 16.1. The van der Waals surface area contributed by atoms with Crippen molar-refractivity contribution in [2.45, 2.75) is 115 Å². The average molecular weight is 855 g/mol. The van der Waals surface area contributed by atoms with Crippen molar-refractivity contribution in [2.24, 2.45) is 0 Å². The minimum absolute atomic E-state index is 0.101. The zero-order chi connectivity index (χ0) is 41.1. The molecule has 0 N–H and O–H groups in total. The number of carbonyl (C=O) groups excluding carboxylic acids is 4. The number of likely N-dealkylation sites (N-methyl/N-ethyl adjacent to an activating group) is 4. The predicted octanol–water partition coefficient (Wildman–Crippen LogP) is 8.95. The monoisotopic (exact) mass is 852 g/mol. The van der Waals surface area contributed by atoms with Gasteiger partial charge in [-0.1, -0.05) is 112 Å². The highest BCUT2D eigenvalue weighted by Crippen LogP contribution is 2.34. The van der Waals surface area contributed by atoms with Gasteiger partial charge >= 0.3 is 11.9 Å². The molecule has 0 spiro atoms. The Morgan fingerprint density at radius 1 is 0.571 bits per heavy atom. The van der Waals surface area contributed by atoms with Crippen molar-refractivity contribution in [1.82, 2.24) is 19.6 Å². The zero-order valence-electron chi connectivity index (χ0n) is 33.3. The molecular weight excluding hydrogens is 798 g/mol. The van der Waals surface area contributed by atoms with Gasteiger partial charge in [-0.3, -0.25) is 19.4 Å². The first-order valence-electron chi connectivity index (χ1n) is 19.8. The lowest BCUT2D eigenvalue weighted by molar-refractivity contribution is -0.160. The average Bonchev–Trinajstić information content (AvgIpc) is 3.20. The van der Waals surface area contributed by atoms with Crippen molar-refractivity contribution in [3.05, 3.63) is 79.8 Å². The molecule has 2 aromatic carbocycles. The fraction of sp³-hybridized carbons (Fsp3) is 0.571. The minimum Gasteiger partial charge on any atom is -0.444 e. The topological polar surface area (TPSA) is 99.7 Å². The van der Waals surface area contributed by atoms with Crippen LogP contribution in [0.2, 0.25) is 20.1 Å². The molecule has 2 fully saturated rings. The Morgan fingerprint density at radius 2 is 0.893 bits per heavy atom. The number of esters is 2.